The summed E-state index contributed by atoms with van der Waals surface area (Å²) in [6.45, 7) is 4.97. The zero-order chi connectivity index (χ0) is 11.6. The molecular weight excluding hydrogens is 214 g/mol. The molecule has 0 N–H and O–H groups in total. The Hall–Kier alpha value is -0.850. The van der Waals surface area contributed by atoms with Crippen molar-refractivity contribution >= 4 is 6.16 Å². The van der Waals surface area contributed by atoms with Crippen LogP contribution in [0.15, 0.2) is 0 Å². The summed E-state index contributed by atoms with van der Waals surface area (Å²) in [5, 5.41) is 0. The van der Waals surface area contributed by atoms with Gasteiger partial charge in [0.25, 0.3) is 0 Å². The van der Waals surface area contributed by atoms with E-state index in [1.807, 2.05) is 0 Å². The van der Waals surface area contributed by atoms with Crippen LogP contribution in [0.5, 0.6) is 0 Å². The molecule has 1 aliphatic rings. The largest absolute Gasteiger partial charge is 0.508 e. The van der Waals surface area contributed by atoms with Crippen molar-refractivity contribution in [2.75, 3.05) is 59.8 Å². The number of nitrogens with zero attached hydrogens (tertiary/aromatic N) is 1. The second-order valence-electron chi connectivity index (χ2n) is 3.39. The molecule has 0 amide bonds. The molecule has 0 bridgehead atoms. The van der Waals surface area contributed by atoms with Gasteiger partial charge in [-0.25, -0.2) is 4.79 Å². The van der Waals surface area contributed by atoms with E-state index in [2.05, 4.69) is 4.90 Å². The molecule has 0 aromatic carbocycles. The number of hydrogen-bond donors (Lipinski definition) is 0. The predicted molar refractivity (Wildman–Crippen MR) is 56.4 cm³/mol. The molecule has 1 rings (SSSR count). The zero-order valence-electron chi connectivity index (χ0n) is 9.65. The SMILES string of the molecule is COCCOC(=O)OCCN1CCOCC1. The molecule has 0 saturated carbocycles. The van der Waals surface area contributed by atoms with E-state index in [9.17, 15) is 4.79 Å². The van der Waals surface area contributed by atoms with E-state index in [0.717, 1.165) is 32.8 Å². The molecular formula is C10H19NO5. The normalized spacial score (nSPS) is 17.1. The molecule has 1 aliphatic heterocycles. The van der Waals surface area contributed by atoms with E-state index < -0.39 is 6.16 Å². The maximum absolute atomic E-state index is 11.0. The smallest absolute Gasteiger partial charge is 0.433 e. The Balaban J connectivity index is 1.94. The molecule has 0 aromatic rings. The van der Waals surface area contributed by atoms with E-state index in [4.69, 9.17) is 18.9 Å². The fraction of sp³-hybridized carbons (Fsp3) is 0.900. The van der Waals surface area contributed by atoms with Crippen molar-refractivity contribution < 1.29 is 23.7 Å². The van der Waals surface area contributed by atoms with E-state index in [1.54, 1.807) is 7.11 Å². The van der Waals surface area contributed by atoms with Crippen molar-refractivity contribution in [2.45, 2.75) is 0 Å². The molecule has 0 unspecified atom stereocenters. The number of ether oxygens (including phenoxy) is 4. The molecule has 1 saturated heterocycles. The summed E-state index contributed by atoms with van der Waals surface area (Å²) in [5.41, 5.74) is 0. The number of hydrogen-bond acceptors (Lipinski definition) is 6. The summed E-state index contributed by atoms with van der Waals surface area (Å²) in [4.78, 5) is 13.2. The van der Waals surface area contributed by atoms with E-state index >= 15 is 0 Å². The predicted octanol–water partition coefficient (Wildman–Crippen LogP) is 0.118. The van der Waals surface area contributed by atoms with Crippen molar-refractivity contribution in [2.24, 2.45) is 0 Å². The number of carbonyl (C=O) groups is 1. The highest BCUT2D eigenvalue weighted by molar-refractivity contribution is 5.59. The van der Waals surface area contributed by atoms with Crippen LogP contribution in [0, 0.1) is 0 Å². The molecule has 0 aliphatic carbocycles. The topological polar surface area (TPSA) is 57.2 Å². The van der Waals surface area contributed by atoms with Crippen LogP contribution in [0.3, 0.4) is 0 Å². The van der Waals surface area contributed by atoms with Gasteiger partial charge in [0.05, 0.1) is 19.8 Å². The maximum Gasteiger partial charge on any atom is 0.508 e. The van der Waals surface area contributed by atoms with Crippen LogP contribution in [0.25, 0.3) is 0 Å². The third kappa shape index (κ3) is 5.89. The molecule has 94 valence electrons. The van der Waals surface area contributed by atoms with Gasteiger partial charge in [0.15, 0.2) is 0 Å². The Morgan fingerprint density at radius 1 is 1.19 bits per heavy atom. The van der Waals surface area contributed by atoms with Gasteiger partial charge in [-0.3, -0.25) is 4.90 Å². The fourth-order valence-electron chi connectivity index (χ4n) is 1.33. The van der Waals surface area contributed by atoms with Gasteiger partial charge in [-0.05, 0) is 0 Å². The van der Waals surface area contributed by atoms with E-state index in [1.165, 1.54) is 0 Å². The molecule has 0 radical (unpaired) electrons. The first kappa shape index (κ1) is 13.2. The lowest BCUT2D eigenvalue weighted by Gasteiger charge is -2.25. The third-order valence-electron chi connectivity index (χ3n) is 2.24. The lowest BCUT2D eigenvalue weighted by Crippen LogP contribution is -2.38. The van der Waals surface area contributed by atoms with Crippen LogP contribution in [0.1, 0.15) is 0 Å². The molecule has 0 spiro atoms. The van der Waals surface area contributed by atoms with Crippen LogP contribution < -0.4 is 0 Å². The summed E-state index contributed by atoms with van der Waals surface area (Å²) in [6, 6.07) is 0. The molecule has 0 atom stereocenters. The average molecular weight is 233 g/mol. The van der Waals surface area contributed by atoms with Crippen LogP contribution in [-0.4, -0.2) is 70.8 Å². The fourth-order valence-corrected chi connectivity index (χ4v) is 1.33. The number of rotatable bonds is 6. The Labute approximate surface area is 95.4 Å². The van der Waals surface area contributed by atoms with Gasteiger partial charge in [-0.2, -0.15) is 0 Å². The minimum atomic E-state index is -0.634. The van der Waals surface area contributed by atoms with Crippen molar-refractivity contribution in [3.63, 3.8) is 0 Å². The standard InChI is InChI=1S/C10H19NO5/c1-13-8-9-16-10(12)15-7-4-11-2-5-14-6-3-11/h2-9H2,1H3. The molecule has 16 heavy (non-hydrogen) atoms. The van der Waals surface area contributed by atoms with Gasteiger partial charge >= 0.3 is 6.16 Å². The zero-order valence-corrected chi connectivity index (χ0v) is 9.65. The molecule has 1 heterocycles. The lowest BCUT2D eigenvalue weighted by molar-refractivity contribution is 0.0108. The number of morpholine rings is 1. The Morgan fingerprint density at radius 2 is 1.88 bits per heavy atom. The molecule has 6 nitrogen and oxygen atoms in total. The molecule has 6 heteroatoms. The third-order valence-corrected chi connectivity index (χ3v) is 2.24. The first-order chi connectivity index (χ1) is 7.83. The average Bonchev–Trinajstić information content (AvgIpc) is 2.31. The van der Waals surface area contributed by atoms with Gasteiger partial charge in [0, 0.05) is 26.7 Å². The second kappa shape index (κ2) is 8.32. The van der Waals surface area contributed by atoms with Gasteiger partial charge in [-0.1, -0.05) is 0 Å². The van der Waals surface area contributed by atoms with Crippen LogP contribution >= 0.6 is 0 Å². The second-order valence-corrected chi connectivity index (χ2v) is 3.39. The summed E-state index contributed by atoms with van der Waals surface area (Å²) >= 11 is 0. The summed E-state index contributed by atoms with van der Waals surface area (Å²) in [6.07, 6.45) is -0.634. The van der Waals surface area contributed by atoms with Crippen molar-refractivity contribution in [3.8, 4) is 0 Å². The maximum atomic E-state index is 11.0. The number of carbonyl (C=O) groups excluding carboxylic acids is 1. The first-order valence-corrected chi connectivity index (χ1v) is 5.41. The van der Waals surface area contributed by atoms with Crippen LogP contribution in [-0.2, 0) is 18.9 Å². The lowest BCUT2D eigenvalue weighted by atomic mass is 10.4. The quantitative estimate of drug-likeness (QED) is 0.479. The van der Waals surface area contributed by atoms with Crippen molar-refractivity contribution in [1.29, 1.82) is 0 Å². The van der Waals surface area contributed by atoms with Gasteiger partial charge in [0.1, 0.15) is 13.2 Å². The van der Waals surface area contributed by atoms with Gasteiger partial charge < -0.3 is 18.9 Å². The Kier molecular flexibility index (Phi) is 6.87. The summed E-state index contributed by atoms with van der Waals surface area (Å²) in [7, 11) is 1.55. The van der Waals surface area contributed by atoms with Gasteiger partial charge in [-0.15, -0.1) is 0 Å². The highest BCUT2D eigenvalue weighted by Gasteiger charge is 2.11. The Morgan fingerprint density at radius 3 is 2.56 bits per heavy atom. The highest BCUT2D eigenvalue weighted by Crippen LogP contribution is 1.96. The van der Waals surface area contributed by atoms with Crippen LogP contribution in [0.4, 0.5) is 4.79 Å². The molecule has 0 aromatic heterocycles. The summed E-state index contributed by atoms with van der Waals surface area (Å²) < 4.78 is 19.6. The first-order valence-electron chi connectivity index (χ1n) is 5.41. The Bertz CT molecular complexity index is 194. The van der Waals surface area contributed by atoms with E-state index in [-0.39, 0.29) is 6.61 Å². The van der Waals surface area contributed by atoms with E-state index in [0.29, 0.717) is 13.2 Å². The van der Waals surface area contributed by atoms with Crippen molar-refractivity contribution in [1.82, 2.24) is 4.90 Å². The molecule has 1 fully saturated rings. The monoisotopic (exact) mass is 233 g/mol. The van der Waals surface area contributed by atoms with Crippen molar-refractivity contribution in [3.05, 3.63) is 0 Å². The highest BCUT2D eigenvalue weighted by atomic mass is 16.7. The number of methoxy groups -OCH3 is 1. The minimum absolute atomic E-state index is 0.229. The van der Waals surface area contributed by atoms with Crippen LogP contribution in [0.2, 0.25) is 0 Å². The minimum Gasteiger partial charge on any atom is -0.433 e. The van der Waals surface area contributed by atoms with Gasteiger partial charge in [0.2, 0.25) is 0 Å². The summed E-state index contributed by atoms with van der Waals surface area (Å²) in [5.74, 6) is 0.